The maximum atomic E-state index is 15.4. The van der Waals surface area contributed by atoms with Crippen LogP contribution in [0.15, 0.2) is 36.5 Å². The Kier molecular flexibility index (Phi) is 4.19. The summed E-state index contributed by atoms with van der Waals surface area (Å²) in [5, 5.41) is 2.62. The van der Waals surface area contributed by atoms with Crippen LogP contribution in [0.4, 0.5) is 10.1 Å². The van der Waals surface area contributed by atoms with Crippen molar-refractivity contribution in [3.8, 4) is 11.3 Å². The van der Waals surface area contributed by atoms with Crippen LogP contribution in [-0.2, 0) is 0 Å². The van der Waals surface area contributed by atoms with E-state index in [9.17, 15) is 0 Å². The summed E-state index contributed by atoms with van der Waals surface area (Å²) < 4.78 is 17.7. The van der Waals surface area contributed by atoms with Crippen LogP contribution in [-0.4, -0.2) is 47.2 Å². The molecule has 4 nitrogen and oxygen atoms in total. The molecule has 3 heterocycles. The number of halogens is 2. The highest BCUT2D eigenvalue weighted by molar-refractivity contribution is 6.31. The molecule has 0 aromatic heterocycles. The summed E-state index contributed by atoms with van der Waals surface area (Å²) in [5.74, 6) is -0.160. The maximum absolute atomic E-state index is 15.4. The summed E-state index contributed by atoms with van der Waals surface area (Å²) in [5.41, 5.74) is 4.61. The first-order valence-electron chi connectivity index (χ1n) is 10.8. The minimum atomic E-state index is -0.160. The van der Waals surface area contributed by atoms with Crippen molar-refractivity contribution in [1.82, 2.24) is 14.5 Å². The average molecular weight is 423 g/mol. The Morgan fingerprint density at radius 2 is 1.87 bits per heavy atom. The number of aromatic nitrogens is 2. The Bertz CT molecular complexity index is 1240. The van der Waals surface area contributed by atoms with Gasteiger partial charge >= 0.3 is 0 Å². The molecule has 0 bridgehead atoms. The fourth-order valence-corrected chi connectivity index (χ4v) is 5.00. The number of pyridine rings is 1. The minimum absolute atomic E-state index is 0.160. The predicted molar refractivity (Wildman–Crippen MR) is 121 cm³/mol. The highest BCUT2D eigenvalue weighted by atomic mass is 35.5. The van der Waals surface area contributed by atoms with Gasteiger partial charge in [-0.15, -0.1) is 0 Å². The van der Waals surface area contributed by atoms with Crippen molar-refractivity contribution in [1.29, 1.82) is 0 Å². The van der Waals surface area contributed by atoms with Crippen LogP contribution < -0.4 is 4.90 Å². The van der Waals surface area contributed by atoms with E-state index in [1.165, 1.54) is 12.8 Å². The quantitative estimate of drug-likeness (QED) is 0.431. The van der Waals surface area contributed by atoms with Crippen molar-refractivity contribution in [3.63, 3.8) is 0 Å². The monoisotopic (exact) mass is 422 g/mol. The third-order valence-electron chi connectivity index (χ3n) is 6.70. The lowest BCUT2D eigenvalue weighted by molar-refractivity contribution is 0.270. The van der Waals surface area contributed by atoms with E-state index in [4.69, 9.17) is 16.6 Å². The molecule has 0 atom stereocenters. The number of benzene rings is 2. The first-order chi connectivity index (χ1) is 14.6. The van der Waals surface area contributed by atoms with E-state index < -0.39 is 0 Å². The minimum Gasteiger partial charge on any atom is -0.367 e. The van der Waals surface area contributed by atoms with Crippen LogP contribution in [0.2, 0.25) is 5.02 Å². The van der Waals surface area contributed by atoms with E-state index in [1.54, 1.807) is 6.07 Å². The van der Waals surface area contributed by atoms with E-state index in [1.807, 2.05) is 18.2 Å². The molecule has 4 aliphatic rings. The molecular formula is C24H24ClFN4. The average Bonchev–Trinajstić information content (AvgIpc) is 3.54. The van der Waals surface area contributed by atoms with Gasteiger partial charge < -0.3 is 14.4 Å². The number of nitrogens with zero attached hydrogens (tertiary/aromatic N) is 4. The molecule has 6 rings (SSSR count). The van der Waals surface area contributed by atoms with Crippen molar-refractivity contribution in [2.75, 3.05) is 37.6 Å². The molecule has 1 aliphatic carbocycles. The molecule has 3 aliphatic heterocycles. The Balaban J connectivity index is 1.56. The molecular weight excluding hydrogens is 399 g/mol. The van der Waals surface area contributed by atoms with E-state index in [-0.39, 0.29) is 5.82 Å². The number of anilines is 1. The van der Waals surface area contributed by atoms with Gasteiger partial charge in [0.15, 0.2) is 0 Å². The summed E-state index contributed by atoms with van der Waals surface area (Å²) in [7, 11) is 0. The molecule has 1 saturated carbocycles. The molecule has 0 spiro atoms. The summed E-state index contributed by atoms with van der Waals surface area (Å²) in [6.45, 7) is 6.91. The van der Waals surface area contributed by atoms with E-state index in [0.29, 0.717) is 16.8 Å². The smallest absolute Gasteiger partial charge is 0.147 e. The zero-order chi connectivity index (χ0) is 20.4. The fraction of sp³-hybridized carbons (Fsp3) is 0.375. The summed E-state index contributed by atoms with van der Waals surface area (Å²) in [6, 6.07) is 10.0. The van der Waals surface area contributed by atoms with Crippen LogP contribution in [0, 0.1) is 5.82 Å². The third-order valence-corrected chi connectivity index (χ3v) is 6.94. The number of fused-ring (bicyclic) bond motifs is 5. The molecule has 0 N–H and O–H groups in total. The number of hydrogen-bond donors (Lipinski definition) is 0. The maximum Gasteiger partial charge on any atom is 0.147 e. The molecule has 30 heavy (non-hydrogen) atoms. The number of likely N-dealkylation sites (N-methyl/N-ethyl adjacent to an activating group) is 1. The second kappa shape index (κ2) is 6.82. The van der Waals surface area contributed by atoms with Crippen LogP contribution in [0.25, 0.3) is 33.1 Å². The summed E-state index contributed by atoms with van der Waals surface area (Å²) in [6.07, 6.45) is 4.54. The second-order valence-electron chi connectivity index (χ2n) is 8.55. The Labute approximate surface area is 180 Å². The molecule has 0 radical (unpaired) electrons. The zero-order valence-electron chi connectivity index (χ0n) is 17.0. The van der Waals surface area contributed by atoms with Gasteiger partial charge in [0, 0.05) is 59.8 Å². The first-order valence-corrected chi connectivity index (χ1v) is 11.2. The lowest BCUT2D eigenvalue weighted by Gasteiger charge is -2.35. The summed E-state index contributed by atoms with van der Waals surface area (Å²) >= 11 is 6.26. The molecule has 2 aromatic carbocycles. The standard InChI is InChI=1S/C24H24ClFN4/c1-2-28-7-9-29(10-8-28)23-13-22-18(12-20(23)26)24-19(14-30(22)16-4-5-16)17-11-15(25)3-6-21(17)27-24/h3,6,11-14,16H,2,4-5,7-10H2,1H3. The zero-order valence-corrected chi connectivity index (χ0v) is 17.8. The topological polar surface area (TPSA) is 24.3 Å². The van der Waals surface area contributed by atoms with Gasteiger partial charge in [-0.05, 0) is 49.7 Å². The largest absolute Gasteiger partial charge is 0.367 e. The van der Waals surface area contributed by atoms with Crippen molar-refractivity contribution >= 4 is 39.1 Å². The lowest BCUT2D eigenvalue weighted by atomic mass is 10.0. The van der Waals surface area contributed by atoms with Crippen LogP contribution in [0.1, 0.15) is 25.8 Å². The number of piperazine rings is 1. The number of hydrogen-bond acceptors (Lipinski definition) is 3. The van der Waals surface area contributed by atoms with E-state index in [0.717, 1.165) is 65.8 Å². The normalized spacial score (nSPS) is 18.2. The SMILES string of the molecule is CCN1CCN(c2cc3c(cc2F)c2nc4ccc(Cl)cc4c-2cn3C2CC2)CC1. The molecule has 6 heteroatoms. The van der Waals surface area contributed by atoms with Crippen LogP contribution in [0.5, 0.6) is 0 Å². The Hall–Kier alpha value is -2.37. The van der Waals surface area contributed by atoms with Gasteiger partial charge in [-0.25, -0.2) is 9.37 Å². The second-order valence-corrected chi connectivity index (χ2v) is 8.98. The highest BCUT2D eigenvalue weighted by Gasteiger charge is 2.29. The van der Waals surface area contributed by atoms with E-state index in [2.05, 4.69) is 33.6 Å². The third kappa shape index (κ3) is 2.87. The molecule has 2 aromatic rings. The summed E-state index contributed by atoms with van der Waals surface area (Å²) in [4.78, 5) is 9.45. The molecule has 1 saturated heterocycles. The van der Waals surface area contributed by atoms with Crippen molar-refractivity contribution in [2.24, 2.45) is 0 Å². The molecule has 0 amide bonds. The molecule has 154 valence electrons. The Morgan fingerprint density at radius 3 is 2.60 bits per heavy atom. The van der Waals surface area contributed by atoms with Gasteiger partial charge in [0.25, 0.3) is 0 Å². The van der Waals surface area contributed by atoms with Crippen molar-refractivity contribution in [2.45, 2.75) is 25.8 Å². The molecule has 2 fully saturated rings. The first kappa shape index (κ1) is 18.4. The van der Waals surface area contributed by atoms with Gasteiger partial charge in [0.2, 0.25) is 0 Å². The fourth-order valence-electron chi connectivity index (χ4n) is 4.83. The number of rotatable bonds is 3. The van der Waals surface area contributed by atoms with Gasteiger partial charge in [0.1, 0.15) is 5.82 Å². The van der Waals surface area contributed by atoms with Crippen LogP contribution in [0.3, 0.4) is 0 Å². The van der Waals surface area contributed by atoms with Gasteiger partial charge in [0.05, 0.1) is 22.4 Å². The van der Waals surface area contributed by atoms with Gasteiger partial charge in [-0.2, -0.15) is 0 Å². The lowest BCUT2D eigenvalue weighted by Crippen LogP contribution is -2.46. The van der Waals surface area contributed by atoms with Crippen molar-refractivity contribution in [3.05, 3.63) is 47.4 Å². The van der Waals surface area contributed by atoms with Crippen molar-refractivity contribution < 1.29 is 4.39 Å². The van der Waals surface area contributed by atoms with Crippen LogP contribution >= 0.6 is 11.6 Å². The highest BCUT2D eigenvalue weighted by Crippen LogP contribution is 2.44. The Morgan fingerprint density at radius 1 is 1.07 bits per heavy atom. The van der Waals surface area contributed by atoms with Gasteiger partial charge in [-0.3, -0.25) is 0 Å². The van der Waals surface area contributed by atoms with E-state index >= 15 is 4.39 Å². The molecule has 0 unspecified atom stereocenters. The predicted octanol–water partition coefficient (Wildman–Crippen LogP) is 5.56. The van der Waals surface area contributed by atoms with Gasteiger partial charge in [-0.1, -0.05) is 18.5 Å².